The summed E-state index contributed by atoms with van der Waals surface area (Å²) in [5, 5.41) is 12.6. The monoisotopic (exact) mass is 494 g/mol. The van der Waals surface area contributed by atoms with Crippen molar-refractivity contribution in [3.8, 4) is 0 Å². The second-order valence-electron chi connectivity index (χ2n) is 10.9. The number of furan rings is 1. The Balaban J connectivity index is 1.36. The van der Waals surface area contributed by atoms with E-state index in [1.165, 1.54) is 76.2 Å². The number of hydrogen-bond acceptors (Lipinski definition) is 1. The van der Waals surface area contributed by atoms with E-state index in [-0.39, 0.29) is 0 Å². The van der Waals surface area contributed by atoms with Crippen LogP contribution in [0, 0.1) is 0 Å². The Labute approximate surface area is 220 Å². The Kier molecular flexibility index (Phi) is 2.93. The first-order valence-corrected chi connectivity index (χ1v) is 13.5. The number of rotatable bonds is 0. The average Bonchev–Trinajstić information content (AvgIpc) is 3.76. The second kappa shape index (κ2) is 6.06. The number of nitrogens with zero attached hydrogens (tertiary/aromatic N) is 2. The van der Waals surface area contributed by atoms with Gasteiger partial charge in [0.05, 0.1) is 33.1 Å². The quantitative estimate of drug-likeness (QED) is 0.206. The Morgan fingerprint density at radius 1 is 0.333 bits per heavy atom. The van der Waals surface area contributed by atoms with Gasteiger partial charge >= 0.3 is 0 Å². The molecular weight excluding hydrogens is 476 g/mol. The van der Waals surface area contributed by atoms with Gasteiger partial charge in [-0.1, -0.05) is 72.8 Å². The van der Waals surface area contributed by atoms with Crippen LogP contribution in [-0.4, -0.2) is 8.80 Å². The van der Waals surface area contributed by atoms with Crippen molar-refractivity contribution in [3.05, 3.63) is 109 Å². The summed E-state index contributed by atoms with van der Waals surface area (Å²) < 4.78 is 11.5. The van der Waals surface area contributed by atoms with Gasteiger partial charge < -0.3 is 13.2 Å². The van der Waals surface area contributed by atoms with E-state index < -0.39 is 0 Å². The van der Waals surface area contributed by atoms with Crippen LogP contribution in [0.25, 0.3) is 98.1 Å². The molecule has 0 aliphatic carbocycles. The first-order chi connectivity index (χ1) is 19.3. The summed E-state index contributed by atoms with van der Waals surface area (Å²) in [5.41, 5.74) is 9.44. The van der Waals surface area contributed by atoms with Crippen LogP contribution in [0.5, 0.6) is 0 Å². The maximum absolute atomic E-state index is 6.60. The van der Waals surface area contributed by atoms with E-state index >= 15 is 0 Å². The van der Waals surface area contributed by atoms with Crippen LogP contribution < -0.4 is 0 Å². The van der Waals surface area contributed by atoms with Crippen molar-refractivity contribution < 1.29 is 4.42 Å². The van der Waals surface area contributed by atoms with Gasteiger partial charge in [0, 0.05) is 53.9 Å². The third-order valence-corrected chi connectivity index (χ3v) is 9.16. The molecule has 0 radical (unpaired) electrons. The normalized spacial score (nSPS) is 13.1. The molecule has 0 N–H and O–H groups in total. The highest BCUT2D eigenvalue weighted by Crippen LogP contribution is 2.44. The van der Waals surface area contributed by atoms with Gasteiger partial charge in [-0.15, -0.1) is 0 Å². The fourth-order valence-corrected chi connectivity index (χ4v) is 7.62. The van der Waals surface area contributed by atoms with Crippen LogP contribution in [0.3, 0.4) is 0 Å². The number of hydrogen-bond donors (Lipinski definition) is 0. The molecular formula is C36H18N2O. The van der Waals surface area contributed by atoms with Crippen LogP contribution >= 0.6 is 0 Å². The van der Waals surface area contributed by atoms with Crippen LogP contribution in [0.15, 0.2) is 114 Å². The Bertz CT molecular complexity index is 2630. The molecule has 3 heteroatoms. The molecule has 0 amide bonds. The average molecular weight is 495 g/mol. The molecule has 0 unspecified atom stereocenters. The fraction of sp³-hybridized carbons (Fsp3) is 0. The lowest BCUT2D eigenvalue weighted by Crippen LogP contribution is -1.81. The van der Waals surface area contributed by atoms with E-state index in [0.29, 0.717) is 0 Å². The SMILES string of the molecule is c1ccc2c(c1)c1cccc3c4cc5oc6cc7c8cccc9c%10ccccc%10n(c7cc6c5cc4n2c13)c98. The van der Waals surface area contributed by atoms with E-state index in [1.807, 2.05) is 0 Å². The van der Waals surface area contributed by atoms with Gasteiger partial charge in [0.15, 0.2) is 0 Å². The predicted octanol–water partition coefficient (Wildman–Crippen LogP) is 9.89. The van der Waals surface area contributed by atoms with Crippen molar-refractivity contribution in [3.63, 3.8) is 0 Å². The zero-order chi connectivity index (χ0) is 25.0. The van der Waals surface area contributed by atoms with Crippen molar-refractivity contribution in [1.29, 1.82) is 0 Å². The number of aromatic nitrogens is 2. The van der Waals surface area contributed by atoms with Gasteiger partial charge in [0.1, 0.15) is 11.2 Å². The fourth-order valence-electron chi connectivity index (χ4n) is 7.62. The van der Waals surface area contributed by atoms with Crippen LogP contribution in [0.2, 0.25) is 0 Å². The molecule has 0 saturated heterocycles. The highest BCUT2D eigenvalue weighted by atomic mass is 16.3. The predicted molar refractivity (Wildman–Crippen MR) is 163 cm³/mol. The third-order valence-electron chi connectivity index (χ3n) is 9.16. The van der Waals surface area contributed by atoms with Crippen molar-refractivity contribution in [2.24, 2.45) is 0 Å². The van der Waals surface area contributed by atoms with E-state index in [0.717, 1.165) is 21.9 Å². The number of fused-ring (bicyclic) bond motifs is 15. The molecule has 5 aromatic heterocycles. The van der Waals surface area contributed by atoms with Gasteiger partial charge in [-0.25, -0.2) is 0 Å². The number of para-hydroxylation sites is 4. The van der Waals surface area contributed by atoms with Crippen LogP contribution in [0.4, 0.5) is 0 Å². The van der Waals surface area contributed by atoms with Crippen molar-refractivity contribution in [2.45, 2.75) is 0 Å². The topological polar surface area (TPSA) is 22.0 Å². The minimum atomic E-state index is 0.940. The van der Waals surface area contributed by atoms with Gasteiger partial charge in [0.2, 0.25) is 0 Å². The molecule has 0 aliphatic heterocycles. The van der Waals surface area contributed by atoms with E-state index in [4.69, 9.17) is 4.42 Å². The summed E-state index contributed by atoms with van der Waals surface area (Å²) in [6, 6.07) is 40.0. The van der Waals surface area contributed by atoms with Gasteiger partial charge in [-0.3, -0.25) is 0 Å². The maximum Gasteiger partial charge on any atom is 0.136 e. The molecule has 5 heterocycles. The molecule has 0 bridgehead atoms. The van der Waals surface area contributed by atoms with Crippen molar-refractivity contribution in [2.75, 3.05) is 0 Å². The standard InChI is InChI=1S/C36H18N2O/c1-3-13-29-19(7-1)21-9-5-11-23-25-17-33-27(15-31(25)37(29)35(21)23)28-16-32-26(18-34(28)39-33)24-12-6-10-22-20-8-2-4-14-30(20)38(32)36(22)24/h1-18H. The highest BCUT2D eigenvalue weighted by molar-refractivity contribution is 6.28. The van der Waals surface area contributed by atoms with Gasteiger partial charge in [0.25, 0.3) is 0 Å². The molecule has 6 aromatic carbocycles. The van der Waals surface area contributed by atoms with Gasteiger partial charge in [-0.05, 0) is 36.4 Å². The van der Waals surface area contributed by atoms with Crippen LogP contribution in [-0.2, 0) is 0 Å². The van der Waals surface area contributed by atoms with E-state index in [1.54, 1.807) is 0 Å². The smallest absolute Gasteiger partial charge is 0.136 e. The molecule has 0 saturated carbocycles. The largest absolute Gasteiger partial charge is 0.456 e. The summed E-state index contributed by atoms with van der Waals surface area (Å²) in [6.45, 7) is 0. The molecule has 0 aliphatic rings. The molecule has 39 heavy (non-hydrogen) atoms. The maximum atomic E-state index is 6.60. The first kappa shape index (κ1) is 18.9. The Morgan fingerprint density at radius 2 is 0.744 bits per heavy atom. The zero-order valence-electron chi connectivity index (χ0n) is 20.7. The molecule has 0 spiro atoms. The first-order valence-electron chi connectivity index (χ1n) is 13.5. The minimum Gasteiger partial charge on any atom is -0.456 e. The summed E-state index contributed by atoms with van der Waals surface area (Å²) in [4.78, 5) is 0. The molecule has 0 fully saturated rings. The summed E-state index contributed by atoms with van der Waals surface area (Å²) in [6.07, 6.45) is 0. The van der Waals surface area contributed by atoms with E-state index in [9.17, 15) is 0 Å². The molecule has 11 rings (SSSR count). The van der Waals surface area contributed by atoms with Crippen LogP contribution in [0.1, 0.15) is 0 Å². The minimum absolute atomic E-state index is 0.940. The van der Waals surface area contributed by atoms with Crippen molar-refractivity contribution >= 4 is 98.1 Å². The summed E-state index contributed by atoms with van der Waals surface area (Å²) >= 11 is 0. The van der Waals surface area contributed by atoms with Crippen molar-refractivity contribution in [1.82, 2.24) is 8.80 Å². The Hall–Kier alpha value is -5.28. The third kappa shape index (κ3) is 1.99. The summed E-state index contributed by atoms with van der Waals surface area (Å²) in [7, 11) is 0. The zero-order valence-corrected chi connectivity index (χ0v) is 20.7. The Morgan fingerprint density at radius 3 is 1.23 bits per heavy atom. The summed E-state index contributed by atoms with van der Waals surface area (Å²) in [5.74, 6) is 0. The number of benzene rings is 6. The lowest BCUT2D eigenvalue weighted by molar-refractivity contribution is 0.670. The highest BCUT2D eigenvalue weighted by Gasteiger charge is 2.21. The molecule has 0 atom stereocenters. The molecule has 178 valence electrons. The molecule has 11 aromatic rings. The lowest BCUT2D eigenvalue weighted by Gasteiger charge is -1.99. The molecule has 3 nitrogen and oxygen atoms in total. The van der Waals surface area contributed by atoms with Gasteiger partial charge in [-0.2, -0.15) is 0 Å². The lowest BCUT2D eigenvalue weighted by atomic mass is 10.0. The van der Waals surface area contributed by atoms with E-state index in [2.05, 4.69) is 118 Å². The second-order valence-corrected chi connectivity index (χ2v) is 10.9.